The highest BCUT2D eigenvalue weighted by Gasteiger charge is 2.36. The number of rotatable bonds is 5. The Bertz CT molecular complexity index is 2260. The topological polar surface area (TPSA) is 13.1 Å². The summed E-state index contributed by atoms with van der Waals surface area (Å²) in [5.41, 5.74) is 11.2. The molecule has 254 valence electrons. The van der Waals surface area contributed by atoms with Crippen LogP contribution in [0, 0.1) is 5.92 Å². The zero-order valence-corrected chi connectivity index (χ0v) is 29.6. The van der Waals surface area contributed by atoms with Crippen LogP contribution in [0.1, 0.15) is 127 Å². The maximum absolute atomic E-state index is 7.04. The minimum atomic E-state index is 0.392. The average molecular weight is 665 g/mol. The molecule has 4 aliphatic carbocycles. The van der Waals surface area contributed by atoms with Crippen molar-refractivity contribution in [2.45, 2.75) is 93.8 Å². The zero-order valence-electron chi connectivity index (χ0n) is 29.6. The Morgan fingerprint density at radius 1 is 0.529 bits per heavy atom. The fourth-order valence-corrected chi connectivity index (χ4v) is 10.5. The van der Waals surface area contributed by atoms with Crippen molar-refractivity contribution < 1.29 is 4.42 Å². The van der Waals surface area contributed by atoms with Crippen molar-refractivity contribution in [3.05, 3.63) is 161 Å². The van der Waals surface area contributed by atoms with Crippen molar-refractivity contribution in [3.63, 3.8) is 0 Å². The highest BCUT2D eigenvalue weighted by molar-refractivity contribution is 5.93. The van der Waals surface area contributed by atoms with Gasteiger partial charge in [0.1, 0.15) is 11.3 Å². The molecule has 0 bridgehead atoms. The lowest BCUT2D eigenvalue weighted by atomic mass is 9.67. The second-order valence-corrected chi connectivity index (χ2v) is 16.1. The van der Waals surface area contributed by atoms with Gasteiger partial charge in [0.2, 0.25) is 0 Å². The molecule has 5 unspecified atom stereocenters. The molecule has 1 heteroatoms. The van der Waals surface area contributed by atoms with Crippen LogP contribution < -0.4 is 0 Å². The fraction of sp³-hybridized carbons (Fsp3) is 0.320. The van der Waals surface area contributed by atoms with E-state index in [9.17, 15) is 0 Å². The van der Waals surface area contributed by atoms with E-state index >= 15 is 0 Å². The van der Waals surface area contributed by atoms with E-state index in [1.165, 1.54) is 88.9 Å². The minimum Gasteiger partial charge on any atom is -0.456 e. The van der Waals surface area contributed by atoms with Crippen LogP contribution >= 0.6 is 0 Å². The molecule has 1 heterocycles. The van der Waals surface area contributed by atoms with Crippen LogP contribution in [0.5, 0.6) is 0 Å². The van der Waals surface area contributed by atoms with Gasteiger partial charge in [-0.25, -0.2) is 0 Å². The number of benzene rings is 5. The molecule has 0 radical (unpaired) electrons. The molecule has 5 aromatic carbocycles. The van der Waals surface area contributed by atoms with Gasteiger partial charge in [-0.15, -0.1) is 0 Å². The largest absolute Gasteiger partial charge is 0.456 e. The Labute approximate surface area is 303 Å². The van der Waals surface area contributed by atoms with Crippen molar-refractivity contribution in [1.82, 2.24) is 0 Å². The first-order chi connectivity index (χ1) is 25.2. The highest BCUT2D eigenvalue weighted by Crippen LogP contribution is 2.53. The molecule has 0 N–H and O–H groups in total. The number of allylic oxidation sites excluding steroid dienone is 3. The predicted octanol–water partition coefficient (Wildman–Crippen LogP) is 14.2. The Balaban J connectivity index is 1.12. The molecule has 1 nitrogen and oxygen atoms in total. The summed E-state index contributed by atoms with van der Waals surface area (Å²) in [6.07, 6.45) is 22.1. The third-order valence-corrected chi connectivity index (χ3v) is 13.2. The molecule has 51 heavy (non-hydrogen) atoms. The summed E-state index contributed by atoms with van der Waals surface area (Å²) < 4.78 is 7.04. The maximum Gasteiger partial charge on any atom is 0.138 e. The standard InChI is InChI=1S/C50H48O/c1-3-12-33(13-4-1)38-19-11-20-39(26-38)41-28-42(40-23-22-35-16-7-8-18-37(35)27-40)30-44(29-41)46-31-43(34-14-5-2-6-15-34)32-47-49-45-21-10-9-17-36(45)24-25-48(49)51-50(46)47/h2,5-9,11,14-20,22-27,31-33,36,41-42,44-45H,1,3-4,10,12-13,21,28-30H2. The number of hydrogen-bond donors (Lipinski definition) is 0. The van der Waals surface area contributed by atoms with E-state index in [0.717, 1.165) is 36.5 Å². The van der Waals surface area contributed by atoms with Crippen LogP contribution in [0.15, 0.2) is 132 Å². The Morgan fingerprint density at radius 2 is 1.27 bits per heavy atom. The quantitative estimate of drug-likeness (QED) is 0.167. The molecule has 10 rings (SSSR count). The molecule has 4 aliphatic rings. The normalized spacial score (nSPS) is 24.8. The van der Waals surface area contributed by atoms with Gasteiger partial charge >= 0.3 is 0 Å². The van der Waals surface area contributed by atoms with Crippen LogP contribution in [0.4, 0.5) is 0 Å². The molecular formula is C50H48O. The summed E-state index contributed by atoms with van der Waals surface area (Å²) >= 11 is 0. The third-order valence-electron chi connectivity index (χ3n) is 13.2. The number of furan rings is 1. The summed E-state index contributed by atoms with van der Waals surface area (Å²) in [5.74, 6) is 4.12. The first kappa shape index (κ1) is 31.1. The third kappa shape index (κ3) is 5.80. The van der Waals surface area contributed by atoms with Gasteiger partial charge in [-0.3, -0.25) is 0 Å². The van der Waals surface area contributed by atoms with Gasteiger partial charge in [0.05, 0.1) is 0 Å². The fourth-order valence-electron chi connectivity index (χ4n) is 10.5. The monoisotopic (exact) mass is 664 g/mol. The van der Waals surface area contributed by atoms with Crippen LogP contribution in [0.3, 0.4) is 0 Å². The summed E-state index contributed by atoms with van der Waals surface area (Å²) in [6, 6.07) is 42.0. The summed E-state index contributed by atoms with van der Waals surface area (Å²) in [7, 11) is 0. The first-order valence-electron chi connectivity index (χ1n) is 19.8. The van der Waals surface area contributed by atoms with Crippen molar-refractivity contribution in [2.24, 2.45) is 5.92 Å². The second kappa shape index (κ2) is 13.2. The van der Waals surface area contributed by atoms with Crippen molar-refractivity contribution >= 4 is 27.8 Å². The van der Waals surface area contributed by atoms with E-state index in [0.29, 0.717) is 29.6 Å². The van der Waals surface area contributed by atoms with Crippen LogP contribution in [0.25, 0.3) is 38.9 Å². The van der Waals surface area contributed by atoms with Crippen molar-refractivity contribution in [3.8, 4) is 11.1 Å². The molecular weight excluding hydrogens is 617 g/mol. The Kier molecular flexibility index (Phi) is 8.04. The zero-order chi connectivity index (χ0) is 33.7. The summed E-state index contributed by atoms with van der Waals surface area (Å²) in [6.45, 7) is 0. The molecule has 6 aromatic rings. The maximum atomic E-state index is 7.04. The molecule has 0 amide bonds. The van der Waals surface area contributed by atoms with Crippen molar-refractivity contribution in [2.75, 3.05) is 0 Å². The lowest BCUT2D eigenvalue weighted by Gasteiger charge is -2.36. The highest BCUT2D eigenvalue weighted by atomic mass is 16.3. The van der Waals surface area contributed by atoms with Gasteiger partial charge in [-0.1, -0.05) is 135 Å². The van der Waals surface area contributed by atoms with E-state index < -0.39 is 0 Å². The summed E-state index contributed by atoms with van der Waals surface area (Å²) in [4.78, 5) is 0. The van der Waals surface area contributed by atoms with Gasteiger partial charge in [0.25, 0.3) is 0 Å². The SMILES string of the molecule is C1=CC2C=Cc3oc4c(C5CC(c6cccc(C7CCCCC7)c6)CC(c6ccc7ccccc7c6)C5)cc(-c5ccccc5)cc4c3C2CC1. The molecule has 2 saturated carbocycles. The molecule has 1 aromatic heterocycles. The Morgan fingerprint density at radius 3 is 2.12 bits per heavy atom. The van der Waals surface area contributed by atoms with Gasteiger partial charge in [-0.2, -0.15) is 0 Å². The van der Waals surface area contributed by atoms with Gasteiger partial charge in [0, 0.05) is 16.9 Å². The lowest BCUT2D eigenvalue weighted by Crippen LogP contribution is -2.20. The second-order valence-electron chi connectivity index (χ2n) is 16.1. The van der Waals surface area contributed by atoms with E-state index in [-0.39, 0.29) is 0 Å². The molecule has 0 saturated heterocycles. The van der Waals surface area contributed by atoms with E-state index in [4.69, 9.17) is 4.42 Å². The van der Waals surface area contributed by atoms with Crippen LogP contribution in [-0.2, 0) is 0 Å². The lowest BCUT2D eigenvalue weighted by molar-refractivity contribution is 0.350. The molecule has 2 fully saturated rings. The van der Waals surface area contributed by atoms with Gasteiger partial charge in [0.15, 0.2) is 0 Å². The number of hydrogen-bond acceptors (Lipinski definition) is 1. The predicted molar refractivity (Wildman–Crippen MR) is 214 cm³/mol. The smallest absolute Gasteiger partial charge is 0.138 e. The van der Waals surface area contributed by atoms with Gasteiger partial charge < -0.3 is 4.42 Å². The van der Waals surface area contributed by atoms with E-state index in [1.807, 2.05) is 0 Å². The molecule has 0 spiro atoms. The van der Waals surface area contributed by atoms with Crippen molar-refractivity contribution in [1.29, 1.82) is 0 Å². The Hall–Kier alpha value is -4.62. The average Bonchev–Trinajstić information content (AvgIpc) is 3.60. The minimum absolute atomic E-state index is 0.392. The summed E-state index contributed by atoms with van der Waals surface area (Å²) in [5, 5.41) is 4.02. The van der Waals surface area contributed by atoms with Crippen LogP contribution in [0.2, 0.25) is 0 Å². The molecule has 0 aliphatic heterocycles. The molecule has 5 atom stereocenters. The van der Waals surface area contributed by atoms with E-state index in [2.05, 4.69) is 133 Å². The van der Waals surface area contributed by atoms with Crippen LogP contribution in [-0.4, -0.2) is 0 Å². The van der Waals surface area contributed by atoms with E-state index in [1.54, 1.807) is 11.1 Å². The number of fused-ring (bicyclic) bond motifs is 6. The first-order valence-corrected chi connectivity index (χ1v) is 19.8. The van der Waals surface area contributed by atoms with Gasteiger partial charge in [-0.05, 0) is 137 Å².